The van der Waals surface area contributed by atoms with Crippen LogP contribution in [0.5, 0.6) is 0 Å². The van der Waals surface area contributed by atoms with E-state index in [-0.39, 0.29) is 19.6 Å². The number of rotatable bonds is 8. The number of carbonyl (C=O) groups excluding carboxylic acids is 1. The molecule has 0 aliphatic carbocycles. The lowest BCUT2D eigenvalue weighted by Crippen LogP contribution is -2.35. The molecule has 100 valence electrons. The molecule has 1 amide bonds. The highest BCUT2D eigenvalue weighted by atomic mass is 19.3. The number of amides is 1. The molecule has 0 rings (SSSR count). The Morgan fingerprint density at radius 2 is 2.00 bits per heavy atom. The highest BCUT2D eigenvalue weighted by molar-refractivity contribution is 5.84. The molecule has 0 spiro atoms. The van der Waals surface area contributed by atoms with Gasteiger partial charge in [0.2, 0.25) is 5.91 Å². The highest BCUT2D eigenvalue weighted by Crippen LogP contribution is 2.19. The summed E-state index contributed by atoms with van der Waals surface area (Å²) in [4.78, 5) is 22.0. The predicted molar refractivity (Wildman–Crippen MR) is 55.9 cm³/mol. The van der Waals surface area contributed by atoms with Crippen LogP contribution in [0.15, 0.2) is 0 Å². The zero-order chi connectivity index (χ0) is 13.5. The Labute approximate surface area is 98.1 Å². The molecule has 0 aromatic carbocycles. The number of carboxylic acids is 1. The molecular formula is C10H17F2NO4. The van der Waals surface area contributed by atoms with Crippen molar-refractivity contribution in [3.63, 3.8) is 0 Å². The maximum Gasteiger partial charge on any atom is 0.309 e. The first-order valence-electron chi connectivity index (χ1n) is 5.11. The Kier molecular flexibility index (Phi) is 6.64. The molecule has 0 unspecified atom stereocenters. The predicted octanol–water partition coefficient (Wildman–Crippen LogP) is 0.885. The van der Waals surface area contributed by atoms with Gasteiger partial charge in [0.1, 0.15) is 6.61 Å². The van der Waals surface area contributed by atoms with Crippen LogP contribution in [0.4, 0.5) is 8.78 Å². The van der Waals surface area contributed by atoms with Crippen LogP contribution in [0, 0.1) is 5.41 Å². The van der Waals surface area contributed by atoms with Crippen molar-refractivity contribution in [2.24, 2.45) is 5.41 Å². The van der Waals surface area contributed by atoms with Gasteiger partial charge in [-0.1, -0.05) is 0 Å². The molecular weight excluding hydrogens is 236 g/mol. The highest BCUT2D eigenvalue weighted by Gasteiger charge is 2.29. The molecule has 0 saturated heterocycles. The van der Waals surface area contributed by atoms with Gasteiger partial charge in [0.25, 0.3) is 6.43 Å². The van der Waals surface area contributed by atoms with Gasteiger partial charge in [-0.15, -0.1) is 0 Å². The van der Waals surface area contributed by atoms with E-state index in [1.54, 1.807) is 0 Å². The Balaban J connectivity index is 3.70. The monoisotopic (exact) mass is 253 g/mol. The van der Waals surface area contributed by atoms with Crippen molar-refractivity contribution >= 4 is 11.9 Å². The number of alkyl halides is 2. The fourth-order valence-electron chi connectivity index (χ4n) is 0.975. The molecule has 0 atom stereocenters. The summed E-state index contributed by atoms with van der Waals surface area (Å²) < 4.78 is 27.9. The lowest BCUT2D eigenvalue weighted by molar-refractivity contribution is -0.149. The summed E-state index contributed by atoms with van der Waals surface area (Å²) >= 11 is 0. The average molecular weight is 253 g/mol. The normalized spacial score (nSPS) is 11.6. The van der Waals surface area contributed by atoms with Crippen LogP contribution >= 0.6 is 0 Å². The maximum atomic E-state index is 11.7. The van der Waals surface area contributed by atoms with Gasteiger partial charge >= 0.3 is 5.97 Å². The fourth-order valence-corrected chi connectivity index (χ4v) is 0.975. The number of carboxylic acid groups (broad SMARTS) is 1. The van der Waals surface area contributed by atoms with Crippen LogP contribution in [0.25, 0.3) is 0 Å². The van der Waals surface area contributed by atoms with Crippen LogP contribution < -0.4 is 5.32 Å². The largest absolute Gasteiger partial charge is 0.481 e. The zero-order valence-electron chi connectivity index (χ0n) is 9.83. The van der Waals surface area contributed by atoms with E-state index < -0.39 is 30.3 Å². The van der Waals surface area contributed by atoms with E-state index in [0.29, 0.717) is 0 Å². The number of halogens is 2. The van der Waals surface area contributed by atoms with E-state index in [0.717, 1.165) is 0 Å². The maximum absolute atomic E-state index is 11.7. The van der Waals surface area contributed by atoms with Crippen molar-refractivity contribution in [2.75, 3.05) is 19.8 Å². The van der Waals surface area contributed by atoms with Crippen LogP contribution in [0.1, 0.15) is 20.3 Å². The van der Waals surface area contributed by atoms with Gasteiger partial charge in [-0.3, -0.25) is 9.59 Å². The average Bonchev–Trinajstić information content (AvgIpc) is 2.15. The Hall–Kier alpha value is -1.24. The summed E-state index contributed by atoms with van der Waals surface area (Å²) in [5.74, 6) is -1.51. The van der Waals surface area contributed by atoms with Gasteiger partial charge < -0.3 is 15.2 Å². The lowest BCUT2D eigenvalue weighted by atomic mass is 9.89. The summed E-state index contributed by atoms with van der Waals surface area (Å²) in [6.45, 7) is 2.26. The third kappa shape index (κ3) is 7.62. The first kappa shape index (κ1) is 15.8. The smallest absolute Gasteiger partial charge is 0.309 e. The van der Waals surface area contributed by atoms with Crippen molar-refractivity contribution in [1.29, 1.82) is 0 Å². The fraction of sp³-hybridized carbons (Fsp3) is 0.800. The Morgan fingerprint density at radius 1 is 1.41 bits per heavy atom. The number of aliphatic carboxylic acids is 1. The van der Waals surface area contributed by atoms with Crippen LogP contribution in [-0.2, 0) is 14.3 Å². The van der Waals surface area contributed by atoms with Crippen LogP contribution in [0.3, 0.4) is 0 Å². The number of carbonyl (C=O) groups is 2. The van der Waals surface area contributed by atoms with Gasteiger partial charge in [-0.25, -0.2) is 8.78 Å². The second kappa shape index (κ2) is 7.16. The number of hydrogen-bond donors (Lipinski definition) is 2. The lowest BCUT2D eigenvalue weighted by Gasteiger charge is -2.18. The number of ether oxygens (including phenoxy) is 1. The molecule has 17 heavy (non-hydrogen) atoms. The van der Waals surface area contributed by atoms with Gasteiger partial charge in [0.05, 0.1) is 12.0 Å². The second-order valence-corrected chi connectivity index (χ2v) is 4.18. The van der Waals surface area contributed by atoms with Crippen molar-refractivity contribution in [1.82, 2.24) is 5.32 Å². The standard InChI is InChI=1S/C10H17F2NO4/c1-10(2,9(15)16)5-8(14)13-3-4-17-6-7(11)12/h7H,3-6H2,1-2H3,(H,13,14)(H,15,16). The first-order valence-corrected chi connectivity index (χ1v) is 5.11. The van der Waals surface area contributed by atoms with Crippen molar-refractivity contribution < 1.29 is 28.2 Å². The van der Waals surface area contributed by atoms with Crippen molar-refractivity contribution in [3.05, 3.63) is 0 Å². The third-order valence-corrected chi connectivity index (χ3v) is 1.99. The zero-order valence-corrected chi connectivity index (χ0v) is 9.83. The van der Waals surface area contributed by atoms with Gasteiger partial charge in [0, 0.05) is 13.0 Å². The summed E-state index contributed by atoms with van der Waals surface area (Å²) in [6.07, 6.45) is -2.70. The van der Waals surface area contributed by atoms with Crippen molar-refractivity contribution in [3.8, 4) is 0 Å². The third-order valence-electron chi connectivity index (χ3n) is 1.99. The quantitative estimate of drug-likeness (QED) is 0.630. The molecule has 0 radical (unpaired) electrons. The van der Waals surface area contributed by atoms with E-state index in [2.05, 4.69) is 10.1 Å². The van der Waals surface area contributed by atoms with Gasteiger partial charge in [-0.2, -0.15) is 0 Å². The van der Waals surface area contributed by atoms with E-state index in [1.165, 1.54) is 13.8 Å². The molecule has 7 heteroatoms. The number of hydrogen-bond acceptors (Lipinski definition) is 3. The minimum Gasteiger partial charge on any atom is -0.481 e. The molecule has 0 bridgehead atoms. The molecule has 2 N–H and O–H groups in total. The first-order chi connectivity index (χ1) is 7.75. The van der Waals surface area contributed by atoms with E-state index >= 15 is 0 Å². The van der Waals surface area contributed by atoms with E-state index in [4.69, 9.17) is 5.11 Å². The molecule has 0 aliphatic heterocycles. The second-order valence-electron chi connectivity index (χ2n) is 4.18. The SMILES string of the molecule is CC(C)(CC(=O)NCCOCC(F)F)C(=O)O. The molecule has 0 heterocycles. The minimum atomic E-state index is -2.53. The molecule has 0 aliphatic rings. The Morgan fingerprint density at radius 3 is 2.47 bits per heavy atom. The minimum absolute atomic E-state index is 0.0242. The Bertz CT molecular complexity index is 269. The van der Waals surface area contributed by atoms with E-state index in [1.807, 2.05) is 0 Å². The molecule has 5 nitrogen and oxygen atoms in total. The number of nitrogens with one attached hydrogen (secondary N) is 1. The summed E-state index contributed by atoms with van der Waals surface area (Å²) in [6, 6.07) is 0. The topological polar surface area (TPSA) is 75.6 Å². The summed E-state index contributed by atoms with van der Waals surface area (Å²) in [7, 11) is 0. The van der Waals surface area contributed by atoms with E-state index in [9.17, 15) is 18.4 Å². The van der Waals surface area contributed by atoms with Crippen LogP contribution in [0.2, 0.25) is 0 Å². The molecule has 0 aromatic rings. The summed E-state index contributed by atoms with van der Waals surface area (Å²) in [5, 5.41) is 11.2. The van der Waals surface area contributed by atoms with Gasteiger partial charge in [-0.05, 0) is 13.8 Å². The van der Waals surface area contributed by atoms with Gasteiger partial charge in [0.15, 0.2) is 0 Å². The van der Waals surface area contributed by atoms with Crippen molar-refractivity contribution in [2.45, 2.75) is 26.7 Å². The summed E-state index contributed by atoms with van der Waals surface area (Å²) in [5.41, 5.74) is -1.14. The molecule has 0 saturated carbocycles. The van der Waals surface area contributed by atoms with Crippen LogP contribution in [-0.4, -0.2) is 43.2 Å². The molecule has 0 fully saturated rings. The molecule has 0 aromatic heterocycles.